The Morgan fingerprint density at radius 1 is 0.833 bits per heavy atom. The molecule has 1 heterocycles. The molecular weight excluding hydrogens is 222 g/mol. The second-order valence-electron chi connectivity index (χ2n) is 4.18. The van der Waals surface area contributed by atoms with Crippen LogP contribution in [0.3, 0.4) is 0 Å². The van der Waals surface area contributed by atoms with Crippen molar-refractivity contribution in [2.75, 3.05) is 5.12 Å². The van der Waals surface area contributed by atoms with Crippen LogP contribution in [0.2, 0.25) is 0 Å². The van der Waals surface area contributed by atoms with E-state index in [0.717, 1.165) is 12.2 Å². The molecule has 0 unspecified atom stereocenters. The van der Waals surface area contributed by atoms with Gasteiger partial charge in [0.25, 0.3) is 0 Å². The molecule has 1 aliphatic rings. The quantitative estimate of drug-likeness (QED) is 0.885. The molecule has 0 amide bonds. The van der Waals surface area contributed by atoms with Crippen LogP contribution in [0.1, 0.15) is 5.56 Å². The topological polar surface area (TPSA) is 18.5 Å². The van der Waals surface area contributed by atoms with E-state index in [-0.39, 0.29) is 0 Å². The van der Waals surface area contributed by atoms with Crippen LogP contribution >= 0.6 is 0 Å². The molecular formula is C15H15N3. The lowest BCUT2D eigenvalue weighted by atomic mass is 10.2. The summed E-state index contributed by atoms with van der Waals surface area (Å²) in [4.78, 5) is 0. The summed E-state index contributed by atoms with van der Waals surface area (Å²) >= 11 is 0. The minimum atomic E-state index is 0.846. The zero-order valence-electron chi connectivity index (χ0n) is 10.0. The first kappa shape index (κ1) is 10.7. The van der Waals surface area contributed by atoms with Crippen LogP contribution in [0.25, 0.3) is 0 Å². The van der Waals surface area contributed by atoms with E-state index < -0.39 is 0 Å². The largest absolute Gasteiger partial charge is 0.285 e. The predicted molar refractivity (Wildman–Crippen MR) is 73.2 cm³/mol. The molecule has 3 rings (SSSR count). The fraction of sp³-hybridized carbons (Fsp3) is 0.0667. The average molecular weight is 237 g/mol. The van der Waals surface area contributed by atoms with Gasteiger partial charge in [-0.2, -0.15) is 5.12 Å². The zero-order chi connectivity index (χ0) is 12.2. The van der Waals surface area contributed by atoms with E-state index in [1.807, 2.05) is 41.8 Å². The minimum absolute atomic E-state index is 0.846. The van der Waals surface area contributed by atoms with Gasteiger partial charge in [-0.15, -0.1) is 0 Å². The number of hydrogen-bond donors (Lipinski definition) is 1. The molecule has 0 radical (unpaired) electrons. The Bertz CT molecular complexity index is 522. The van der Waals surface area contributed by atoms with Crippen LogP contribution < -0.4 is 10.5 Å². The standard InChI is InChI=1S/C15H15N3/c1-3-7-14(8-4-1)13-17-12-11-16-18(17)15-9-5-2-6-10-15/h1-12,16H,13H2. The molecule has 1 N–H and O–H groups in total. The number of nitrogens with one attached hydrogen (secondary N) is 1. The Labute approximate surface area is 107 Å². The normalized spacial score (nSPS) is 13.8. The van der Waals surface area contributed by atoms with Crippen LogP contribution in [-0.2, 0) is 6.54 Å². The molecule has 0 aliphatic carbocycles. The van der Waals surface area contributed by atoms with Gasteiger partial charge < -0.3 is 0 Å². The van der Waals surface area contributed by atoms with E-state index in [1.54, 1.807) is 0 Å². The Kier molecular flexibility index (Phi) is 2.88. The van der Waals surface area contributed by atoms with E-state index in [0.29, 0.717) is 0 Å². The predicted octanol–water partition coefficient (Wildman–Crippen LogP) is 2.90. The summed E-state index contributed by atoms with van der Waals surface area (Å²) in [6.45, 7) is 0.846. The third-order valence-electron chi connectivity index (χ3n) is 2.89. The van der Waals surface area contributed by atoms with Crippen LogP contribution in [-0.4, -0.2) is 5.01 Å². The molecule has 0 spiro atoms. The Morgan fingerprint density at radius 2 is 1.50 bits per heavy atom. The third kappa shape index (κ3) is 2.15. The Hall–Kier alpha value is -2.42. The van der Waals surface area contributed by atoms with Crippen molar-refractivity contribution in [2.45, 2.75) is 6.54 Å². The fourth-order valence-corrected chi connectivity index (χ4v) is 2.02. The van der Waals surface area contributed by atoms with Crippen molar-refractivity contribution in [3.63, 3.8) is 0 Å². The van der Waals surface area contributed by atoms with Crippen molar-refractivity contribution in [2.24, 2.45) is 0 Å². The van der Waals surface area contributed by atoms with E-state index in [9.17, 15) is 0 Å². The Balaban J connectivity index is 1.78. The van der Waals surface area contributed by atoms with Gasteiger partial charge in [0.1, 0.15) is 0 Å². The highest BCUT2D eigenvalue weighted by atomic mass is 15.8. The molecule has 0 fully saturated rings. The van der Waals surface area contributed by atoms with Gasteiger partial charge in [-0.1, -0.05) is 48.5 Å². The van der Waals surface area contributed by atoms with Crippen molar-refractivity contribution in [1.29, 1.82) is 0 Å². The number of para-hydroxylation sites is 1. The number of rotatable bonds is 3. The summed E-state index contributed by atoms with van der Waals surface area (Å²) in [7, 11) is 0. The van der Waals surface area contributed by atoms with Crippen molar-refractivity contribution in [3.8, 4) is 0 Å². The van der Waals surface area contributed by atoms with E-state index in [1.165, 1.54) is 5.56 Å². The molecule has 3 nitrogen and oxygen atoms in total. The number of benzene rings is 2. The lowest BCUT2D eigenvalue weighted by Gasteiger charge is -2.30. The lowest BCUT2D eigenvalue weighted by molar-refractivity contribution is 0.341. The first-order valence-corrected chi connectivity index (χ1v) is 6.02. The first-order valence-electron chi connectivity index (χ1n) is 6.02. The number of anilines is 1. The first-order chi connectivity index (χ1) is 8.93. The highest BCUT2D eigenvalue weighted by molar-refractivity contribution is 5.45. The third-order valence-corrected chi connectivity index (χ3v) is 2.89. The number of nitrogens with zero attached hydrogens (tertiary/aromatic N) is 2. The minimum Gasteiger partial charge on any atom is -0.285 e. The average Bonchev–Trinajstić information content (AvgIpc) is 2.89. The van der Waals surface area contributed by atoms with Gasteiger partial charge in [-0.3, -0.25) is 10.4 Å². The van der Waals surface area contributed by atoms with Gasteiger partial charge in [0.05, 0.1) is 12.2 Å². The molecule has 2 aromatic rings. The highest BCUT2D eigenvalue weighted by Gasteiger charge is 2.16. The monoisotopic (exact) mass is 237 g/mol. The summed E-state index contributed by atoms with van der Waals surface area (Å²) in [5, 5.41) is 4.18. The van der Waals surface area contributed by atoms with Crippen LogP contribution in [0.15, 0.2) is 73.1 Å². The summed E-state index contributed by atoms with van der Waals surface area (Å²) in [5.74, 6) is 0. The van der Waals surface area contributed by atoms with Crippen LogP contribution in [0.4, 0.5) is 5.69 Å². The molecule has 3 heteroatoms. The zero-order valence-corrected chi connectivity index (χ0v) is 10.0. The van der Waals surface area contributed by atoms with Gasteiger partial charge in [-0.05, 0) is 17.7 Å². The number of hydrazine groups is 2. The van der Waals surface area contributed by atoms with Gasteiger partial charge in [0.2, 0.25) is 0 Å². The summed E-state index contributed by atoms with van der Waals surface area (Å²) in [6, 6.07) is 20.7. The van der Waals surface area contributed by atoms with E-state index >= 15 is 0 Å². The second-order valence-corrected chi connectivity index (χ2v) is 4.18. The smallest absolute Gasteiger partial charge is 0.0813 e. The second kappa shape index (κ2) is 4.84. The molecule has 0 saturated carbocycles. The van der Waals surface area contributed by atoms with Crippen LogP contribution in [0, 0.1) is 0 Å². The van der Waals surface area contributed by atoms with Crippen molar-refractivity contribution >= 4 is 5.69 Å². The van der Waals surface area contributed by atoms with Gasteiger partial charge >= 0.3 is 0 Å². The summed E-state index contributed by atoms with van der Waals surface area (Å²) < 4.78 is 0. The fourth-order valence-electron chi connectivity index (χ4n) is 2.02. The van der Waals surface area contributed by atoms with Gasteiger partial charge in [-0.25, -0.2) is 0 Å². The lowest BCUT2D eigenvalue weighted by Crippen LogP contribution is -2.41. The van der Waals surface area contributed by atoms with E-state index in [2.05, 4.69) is 46.8 Å². The van der Waals surface area contributed by atoms with Crippen molar-refractivity contribution in [3.05, 3.63) is 78.6 Å². The highest BCUT2D eigenvalue weighted by Crippen LogP contribution is 2.19. The molecule has 2 aromatic carbocycles. The number of hydrogen-bond acceptors (Lipinski definition) is 3. The maximum absolute atomic E-state index is 3.22. The van der Waals surface area contributed by atoms with Crippen molar-refractivity contribution in [1.82, 2.24) is 10.4 Å². The molecule has 0 bridgehead atoms. The maximum atomic E-state index is 3.22. The van der Waals surface area contributed by atoms with Gasteiger partial charge in [0, 0.05) is 12.4 Å². The Morgan fingerprint density at radius 3 is 2.22 bits per heavy atom. The molecule has 90 valence electrons. The molecule has 0 aromatic heterocycles. The molecule has 1 aliphatic heterocycles. The SMILES string of the molecule is C1=CN(Cc2ccccc2)N(c2ccccc2)N1. The molecule has 0 atom stereocenters. The molecule has 0 saturated heterocycles. The maximum Gasteiger partial charge on any atom is 0.0813 e. The molecule has 18 heavy (non-hydrogen) atoms. The van der Waals surface area contributed by atoms with Gasteiger partial charge in [0.15, 0.2) is 0 Å². The van der Waals surface area contributed by atoms with Crippen LogP contribution in [0.5, 0.6) is 0 Å². The summed E-state index contributed by atoms with van der Waals surface area (Å²) in [6.07, 6.45) is 3.98. The van der Waals surface area contributed by atoms with Crippen molar-refractivity contribution < 1.29 is 0 Å². The summed E-state index contributed by atoms with van der Waals surface area (Å²) in [5.41, 5.74) is 5.63. The van der Waals surface area contributed by atoms with E-state index in [4.69, 9.17) is 0 Å².